The van der Waals surface area contributed by atoms with Crippen molar-refractivity contribution in [1.29, 1.82) is 0 Å². The van der Waals surface area contributed by atoms with Crippen LogP contribution in [0.2, 0.25) is 0 Å². The van der Waals surface area contributed by atoms with E-state index in [1.807, 2.05) is 6.20 Å². The molecular weight excluding hydrogens is 348 g/mol. The van der Waals surface area contributed by atoms with Crippen molar-refractivity contribution in [2.75, 3.05) is 13.1 Å². The second-order valence-corrected chi connectivity index (χ2v) is 9.02. The number of rotatable bonds is 2. The lowest BCUT2D eigenvalue weighted by Gasteiger charge is -2.30. The van der Waals surface area contributed by atoms with Gasteiger partial charge in [0.25, 0.3) is 0 Å². The molecule has 1 spiro atoms. The number of nitrogens with zero attached hydrogens (tertiary/aromatic N) is 4. The predicted octanol–water partition coefficient (Wildman–Crippen LogP) is 3.58. The lowest BCUT2D eigenvalue weighted by molar-refractivity contribution is -0.137. The molecule has 6 rings (SSSR count). The molecule has 4 aliphatic rings. The van der Waals surface area contributed by atoms with E-state index in [4.69, 9.17) is 5.10 Å². The summed E-state index contributed by atoms with van der Waals surface area (Å²) in [5, 5.41) is 4.92. The Morgan fingerprint density at radius 1 is 1.18 bits per heavy atom. The summed E-state index contributed by atoms with van der Waals surface area (Å²) in [6, 6.07) is 4.53. The van der Waals surface area contributed by atoms with Gasteiger partial charge in [-0.15, -0.1) is 0 Å². The number of likely N-dealkylation sites (tertiary alicyclic amines) is 1. The molecule has 28 heavy (non-hydrogen) atoms. The van der Waals surface area contributed by atoms with Crippen molar-refractivity contribution in [3.05, 3.63) is 41.4 Å². The first-order valence-corrected chi connectivity index (χ1v) is 10.7. The molecular formula is C23H26N4O. The van der Waals surface area contributed by atoms with Crippen molar-refractivity contribution < 1.29 is 4.79 Å². The van der Waals surface area contributed by atoms with E-state index in [0.29, 0.717) is 11.8 Å². The van der Waals surface area contributed by atoms with Crippen LogP contribution >= 0.6 is 0 Å². The van der Waals surface area contributed by atoms with Gasteiger partial charge in [-0.3, -0.25) is 14.5 Å². The van der Waals surface area contributed by atoms with Crippen LogP contribution in [0.3, 0.4) is 0 Å². The maximum Gasteiger partial charge on any atom is 0.225 e. The highest BCUT2D eigenvalue weighted by molar-refractivity contribution is 5.80. The SMILES string of the molecule is O=C(C1CCC1)N1CCC2(CCn3nc(-c4cnc5c(c4)CCC=C5)cc32)C1. The number of amides is 1. The summed E-state index contributed by atoms with van der Waals surface area (Å²) in [7, 11) is 0. The van der Waals surface area contributed by atoms with Crippen LogP contribution in [0.15, 0.2) is 24.4 Å². The van der Waals surface area contributed by atoms with E-state index in [-0.39, 0.29) is 5.41 Å². The van der Waals surface area contributed by atoms with Gasteiger partial charge in [-0.25, -0.2) is 0 Å². The third-order valence-electron chi connectivity index (χ3n) is 7.40. The maximum absolute atomic E-state index is 12.7. The molecule has 1 amide bonds. The highest BCUT2D eigenvalue weighted by Gasteiger charge is 2.48. The zero-order valence-corrected chi connectivity index (χ0v) is 16.2. The van der Waals surface area contributed by atoms with Gasteiger partial charge in [-0.05, 0) is 62.3 Å². The molecule has 2 aliphatic carbocycles. The molecule has 0 N–H and O–H groups in total. The molecule has 1 unspecified atom stereocenters. The van der Waals surface area contributed by atoms with Gasteiger partial charge < -0.3 is 4.90 Å². The highest BCUT2D eigenvalue weighted by Crippen LogP contribution is 2.44. The van der Waals surface area contributed by atoms with Gasteiger partial charge in [0.05, 0.1) is 11.4 Å². The minimum Gasteiger partial charge on any atom is -0.341 e. The van der Waals surface area contributed by atoms with Crippen molar-refractivity contribution in [3.8, 4) is 11.3 Å². The lowest BCUT2D eigenvalue weighted by Crippen LogP contribution is -2.39. The molecule has 2 aromatic rings. The van der Waals surface area contributed by atoms with Gasteiger partial charge in [0.2, 0.25) is 5.91 Å². The molecule has 1 atom stereocenters. The fourth-order valence-corrected chi connectivity index (χ4v) is 5.44. The fraction of sp³-hybridized carbons (Fsp3) is 0.522. The smallest absolute Gasteiger partial charge is 0.225 e. The number of allylic oxidation sites excluding steroid dienone is 1. The average molecular weight is 374 g/mol. The van der Waals surface area contributed by atoms with Gasteiger partial charge in [-0.1, -0.05) is 12.5 Å². The molecule has 0 bridgehead atoms. The summed E-state index contributed by atoms with van der Waals surface area (Å²) >= 11 is 0. The molecule has 2 aliphatic heterocycles. The van der Waals surface area contributed by atoms with E-state index in [1.165, 1.54) is 17.7 Å². The fourth-order valence-electron chi connectivity index (χ4n) is 5.44. The van der Waals surface area contributed by atoms with Crippen LogP contribution in [0.5, 0.6) is 0 Å². The summed E-state index contributed by atoms with van der Waals surface area (Å²) in [5.74, 6) is 0.695. The largest absolute Gasteiger partial charge is 0.341 e. The summed E-state index contributed by atoms with van der Waals surface area (Å²) in [4.78, 5) is 19.5. The Kier molecular flexibility index (Phi) is 3.56. The lowest BCUT2D eigenvalue weighted by atomic mass is 9.82. The predicted molar refractivity (Wildman–Crippen MR) is 108 cm³/mol. The van der Waals surface area contributed by atoms with Crippen LogP contribution in [0.25, 0.3) is 17.3 Å². The Morgan fingerprint density at radius 3 is 2.93 bits per heavy atom. The first kappa shape index (κ1) is 16.5. The second-order valence-electron chi connectivity index (χ2n) is 9.02. The molecule has 1 saturated carbocycles. The highest BCUT2D eigenvalue weighted by atomic mass is 16.2. The van der Waals surface area contributed by atoms with Gasteiger partial charge in [-0.2, -0.15) is 5.10 Å². The molecule has 5 nitrogen and oxygen atoms in total. The van der Waals surface area contributed by atoms with Gasteiger partial charge >= 0.3 is 0 Å². The number of aromatic nitrogens is 3. The Balaban J connectivity index is 1.29. The minimum absolute atomic E-state index is 0.106. The van der Waals surface area contributed by atoms with Crippen LogP contribution in [0.1, 0.15) is 55.5 Å². The number of fused-ring (bicyclic) bond motifs is 3. The van der Waals surface area contributed by atoms with E-state index in [9.17, 15) is 4.79 Å². The molecule has 4 heterocycles. The minimum atomic E-state index is 0.106. The van der Waals surface area contributed by atoms with Crippen LogP contribution in [0.4, 0.5) is 0 Å². The monoisotopic (exact) mass is 374 g/mol. The number of carbonyl (C=O) groups excluding carboxylic acids is 1. The van der Waals surface area contributed by atoms with Crippen LogP contribution in [-0.2, 0) is 23.2 Å². The molecule has 2 fully saturated rings. The van der Waals surface area contributed by atoms with Crippen molar-refractivity contribution in [1.82, 2.24) is 19.7 Å². The molecule has 2 aromatic heterocycles. The second kappa shape index (κ2) is 6.03. The molecule has 5 heteroatoms. The van der Waals surface area contributed by atoms with E-state index < -0.39 is 0 Å². The first-order valence-electron chi connectivity index (χ1n) is 10.7. The van der Waals surface area contributed by atoms with E-state index >= 15 is 0 Å². The van der Waals surface area contributed by atoms with Crippen LogP contribution in [-0.4, -0.2) is 38.7 Å². The number of hydrogen-bond donors (Lipinski definition) is 0. The topological polar surface area (TPSA) is 51.0 Å². The van der Waals surface area contributed by atoms with Crippen molar-refractivity contribution in [2.24, 2.45) is 5.92 Å². The summed E-state index contributed by atoms with van der Waals surface area (Å²) in [6.45, 7) is 2.74. The Morgan fingerprint density at radius 2 is 2.07 bits per heavy atom. The molecule has 0 aromatic carbocycles. The van der Waals surface area contributed by atoms with Crippen molar-refractivity contribution in [3.63, 3.8) is 0 Å². The first-order chi connectivity index (χ1) is 13.7. The standard InChI is InChI=1S/C23H26N4O/c28-22(16-5-3-6-16)26-10-8-23(15-26)9-11-27-21(23)13-20(25-27)18-12-17-4-1-2-7-19(17)24-14-18/h2,7,12-14,16H,1,3-6,8-11,15H2. The molecule has 0 radical (unpaired) electrons. The van der Waals surface area contributed by atoms with Crippen molar-refractivity contribution >= 4 is 12.0 Å². The Bertz CT molecular complexity index is 986. The quantitative estimate of drug-likeness (QED) is 0.807. The number of aryl methyl sites for hydroxylation is 2. The van der Waals surface area contributed by atoms with E-state index in [0.717, 1.165) is 75.1 Å². The zero-order chi connectivity index (χ0) is 18.7. The molecule has 144 valence electrons. The summed E-state index contributed by atoms with van der Waals surface area (Å²) < 4.78 is 2.19. The number of hydrogen-bond acceptors (Lipinski definition) is 3. The van der Waals surface area contributed by atoms with Crippen LogP contribution < -0.4 is 0 Å². The van der Waals surface area contributed by atoms with Gasteiger partial charge in [0.15, 0.2) is 0 Å². The Hall–Kier alpha value is -2.43. The summed E-state index contributed by atoms with van der Waals surface area (Å²) in [6.07, 6.45) is 14.0. The average Bonchev–Trinajstić information content (AvgIpc) is 3.37. The third-order valence-corrected chi connectivity index (χ3v) is 7.40. The van der Waals surface area contributed by atoms with E-state index in [2.05, 4.69) is 38.9 Å². The number of pyridine rings is 1. The normalized spacial score (nSPS) is 25.8. The Labute approximate surface area is 165 Å². The van der Waals surface area contributed by atoms with E-state index in [1.54, 1.807) is 0 Å². The van der Waals surface area contributed by atoms with Crippen LogP contribution in [0, 0.1) is 5.92 Å². The summed E-state index contributed by atoms with van der Waals surface area (Å²) in [5.41, 5.74) is 5.99. The molecule has 1 saturated heterocycles. The van der Waals surface area contributed by atoms with Crippen molar-refractivity contribution in [2.45, 2.75) is 56.9 Å². The number of carbonyl (C=O) groups is 1. The maximum atomic E-state index is 12.7. The third kappa shape index (κ3) is 2.41. The van der Waals surface area contributed by atoms with Gasteiger partial charge in [0, 0.05) is 48.4 Å². The zero-order valence-electron chi connectivity index (χ0n) is 16.2. The van der Waals surface area contributed by atoms with Gasteiger partial charge in [0.1, 0.15) is 0 Å².